The SMILES string of the molecule is CCC(C)(OC)C(=O)Cc1cccc2ccccc12. The van der Waals surface area contributed by atoms with Gasteiger partial charge in [0.15, 0.2) is 5.78 Å². The fourth-order valence-electron chi connectivity index (χ4n) is 2.26. The number of carbonyl (C=O) groups is 1. The van der Waals surface area contributed by atoms with Gasteiger partial charge in [-0.1, -0.05) is 49.4 Å². The van der Waals surface area contributed by atoms with Gasteiger partial charge in [-0.25, -0.2) is 0 Å². The van der Waals surface area contributed by atoms with Crippen LogP contribution in [0.15, 0.2) is 42.5 Å². The van der Waals surface area contributed by atoms with E-state index >= 15 is 0 Å². The van der Waals surface area contributed by atoms with Crippen LogP contribution >= 0.6 is 0 Å². The molecule has 0 bridgehead atoms. The Morgan fingerprint density at radius 2 is 1.84 bits per heavy atom. The average Bonchev–Trinajstić information content (AvgIpc) is 2.46. The van der Waals surface area contributed by atoms with E-state index in [1.807, 2.05) is 38.1 Å². The van der Waals surface area contributed by atoms with Crippen molar-refractivity contribution in [2.24, 2.45) is 0 Å². The van der Waals surface area contributed by atoms with Crippen molar-refractivity contribution >= 4 is 16.6 Å². The molecular weight excluding hydrogens is 236 g/mol. The molecule has 2 nitrogen and oxygen atoms in total. The smallest absolute Gasteiger partial charge is 0.168 e. The highest BCUT2D eigenvalue weighted by atomic mass is 16.5. The minimum Gasteiger partial charge on any atom is -0.371 e. The maximum absolute atomic E-state index is 12.4. The van der Waals surface area contributed by atoms with Crippen molar-refractivity contribution in [1.29, 1.82) is 0 Å². The topological polar surface area (TPSA) is 26.3 Å². The van der Waals surface area contributed by atoms with Crippen LogP contribution in [0.1, 0.15) is 25.8 Å². The second-order valence-corrected chi connectivity index (χ2v) is 5.03. The van der Waals surface area contributed by atoms with Gasteiger partial charge in [0.2, 0.25) is 0 Å². The standard InChI is InChI=1S/C17H20O2/c1-4-17(2,19-3)16(18)12-14-10-7-9-13-8-5-6-11-15(13)14/h5-11H,4,12H2,1-3H3. The number of ether oxygens (including phenoxy) is 1. The molecule has 0 aromatic heterocycles. The van der Waals surface area contributed by atoms with Gasteiger partial charge >= 0.3 is 0 Å². The van der Waals surface area contributed by atoms with E-state index in [0.717, 1.165) is 10.9 Å². The lowest BCUT2D eigenvalue weighted by atomic mass is 9.90. The zero-order valence-corrected chi connectivity index (χ0v) is 11.8. The van der Waals surface area contributed by atoms with E-state index in [4.69, 9.17) is 4.74 Å². The van der Waals surface area contributed by atoms with Gasteiger partial charge in [0.05, 0.1) is 0 Å². The Bertz CT molecular complexity index is 577. The zero-order chi connectivity index (χ0) is 13.9. The van der Waals surface area contributed by atoms with E-state index < -0.39 is 5.60 Å². The Kier molecular flexibility index (Phi) is 4.01. The van der Waals surface area contributed by atoms with E-state index in [1.54, 1.807) is 7.11 Å². The maximum atomic E-state index is 12.4. The van der Waals surface area contributed by atoms with Crippen molar-refractivity contribution in [3.63, 3.8) is 0 Å². The minimum atomic E-state index is -0.684. The van der Waals surface area contributed by atoms with Crippen LogP contribution in [0.2, 0.25) is 0 Å². The first-order chi connectivity index (χ1) is 9.10. The third kappa shape index (κ3) is 2.69. The Hall–Kier alpha value is -1.67. The summed E-state index contributed by atoms with van der Waals surface area (Å²) in [6.07, 6.45) is 1.10. The first-order valence-electron chi connectivity index (χ1n) is 6.66. The molecule has 0 fully saturated rings. The zero-order valence-electron chi connectivity index (χ0n) is 11.8. The van der Waals surface area contributed by atoms with E-state index in [-0.39, 0.29) is 5.78 Å². The van der Waals surface area contributed by atoms with Gasteiger partial charge in [0.1, 0.15) is 5.60 Å². The van der Waals surface area contributed by atoms with Crippen molar-refractivity contribution in [3.8, 4) is 0 Å². The summed E-state index contributed by atoms with van der Waals surface area (Å²) in [4.78, 5) is 12.4. The molecule has 0 amide bonds. The van der Waals surface area contributed by atoms with Crippen LogP contribution in [0.3, 0.4) is 0 Å². The highest BCUT2D eigenvalue weighted by Gasteiger charge is 2.30. The molecule has 2 aromatic carbocycles. The molecule has 100 valence electrons. The van der Waals surface area contributed by atoms with Crippen molar-refractivity contribution in [2.75, 3.05) is 7.11 Å². The molecule has 1 unspecified atom stereocenters. The highest BCUT2D eigenvalue weighted by molar-refractivity contribution is 5.94. The monoisotopic (exact) mass is 256 g/mol. The summed E-state index contributed by atoms with van der Waals surface area (Å²) in [6.45, 7) is 3.84. The molecular formula is C17H20O2. The van der Waals surface area contributed by atoms with Gasteiger partial charge in [-0.2, -0.15) is 0 Å². The summed E-state index contributed by atoms with van der Waals surface area (Å²) in [7, 11) is 1.60. The molecule has 0 saturated heterocycles. The van der Waals surface area contributed by atoms with E-state index in [9.17, 15) is 4.79 Å². The lowest BCUT2D eigenvalue weighted by Crippen LogP contribution is -2.37. The molecule has 0 heterocycles. The summed E-state index contributed by atoms with van der Waals surface area (Å²) in [5.74, 6) is 0.133. The van der Waals surface area contributed by atoms with Crippen molar-refractivity contribution in [2.45, 2.75) is 32.3 Å². The molecule has 2 rings (SSSR count). The Morgan fingerprint density at radius 3 is 2.53 bits per heavy atom. The summed E-state index contributed by atoms with van der Waals surface area (Å²) >= 11 is 0. The van der Waals surface area contributed by atoms with Crippen LogP contribution in [0, 0.1) is 0 Å². The highest BCUT2D eigenvalue weighted by Crippen LogP contribution is 2.23. The predicted molar refractivity (Wildman–Crippen MR) is 78.4 cm³/mol. The lowest BCUT2D eigenvalue weighted by molar-refractivity contribution is -0.138. The Balaban J connectivity index is 2.34. The second-order valence-electron chi connectivity index (χ2n) is 5.03. The number of Topliss-reactive ketones (excluding diaryl/α,β-unsaturated/α-hetero) is 1. The molecule has 19 heavy (non-hydrogen) atoms. The largest absolute Gasteiger partial charge is 0.371 e. The van der Waals surface area contributed by atoms with Crippen LogP contribution in [-0.4, -0.2) is 18.5 Å². The molecule has 0 N–H and O–H groups in total. The summed E-state index contributed by atoms with van der Waals surface area (Å²) in [5.41, 5.74) is 0.386. The van der Waals surface area contributed by atoms with Gasteiger partial charge in [-0.15, -0.1) is 0 Å². The van der Waals surface area contributed by atoms with Gasteiger partial charge in [0.25, 0.3) is 0 Å². The quantitative estimate of drug-likeness (QED) is 0.814. The van der Waals surface area contributed by atoms with Crippen LogP contribution in [0.25, 0.3) is 10.8 Å². The van der Waals surface area contributed by atoms with Crippen LogP contribution in [-0.2, 0) is 16.0 Å². The first-order valence-corrected chi connectivity index (χ1v) is 6.66. The van der Waals surface area contributed by atoms with Gasteiger partial charge < -0.3 is 4.74 Å². The number of fused-ring (bicyclic) bond motifs is 1. The first kappa shape index (κ1) is 13.8. The molecule has 2 aromatic rings. The predicted octanol–water partition coefficient (Wildman–Crippen LogP) is 3.77. The molecule has 0 spiro atoms. The number of ketones is 1. The second kappa shape index (κ2) is 5.54. The number of rotatable bonds is 5. The van der Waals surface area contributed by atoms with Gasteiger partial charge in [-0.3, -0.25) is 4.79 Å². The van der Waals surface area contributed by atoms with Gasteiger partial charge in [0, 0.05) is 13.5 Å². The van der Waals surface area contributed by atoms with E-state index in [0.29, 0.717) is 12.8 Å². The van der Waals surface area contributed by atoms with Crippen LogP contribution in [0.5, 0.6) is 0 Å². The average molecular weight is 256 g/mol. The molecule has 0 aliphatic heterocycles. The summed E-state index contributed by atoms with van der Waals surface area (Å²) in [6, 6.07) is 14.2. The van der Waals surface area contributed by atoms with Crippen molar-refractivity contribution in [1.82, 2.24) is 0 Å². The van der Waals surface area contributed by atoms with Gasteiger partial charge in [-0.05, 0) is 29.7 Å². The fourth-order valence-corrected chi connectivity index (χ4v) is 2.26. The molecule has 0 radical (unpaired) electrons. The number of hydrogen-bond acceptors (Lipinski definition) is 2. The van der Waals surface area contributed by atoms with Crippen LogP contribution in [0.4, 0.5) is 0 Å². The molecule has 0 saturated carbocycles. The number of methoxy groups -OCH3 is 1. The summed E-state index contributed by atoms with van der Waals surface area (Å²) in [5, 5.41) is 2.32. The van der Waals surface area contributed by atoms with Crippen molar-refractivity contribution in [3.05, 3.63) is 48.0 Å². The number of benzene rings is 2. The maximum Gasteiger partial charge on any atom is 0.168 e. The van der Waals surface area contributed by atoms with E-state index in [2.05, 4.69) is 18.2 Å². The fraction of sp³-hybridized carbons (Fsp3) is 0.353. The molecule has 0 aliphatic rings. The third-order valence-electron chi connectivity index (χ3n) is 3.95. The van der Waals surface area contributed by atoms with Crippen LogP contribution < -0.4 is 0 Å². The Labute approximate surface area is 114 Å². The minimum absolute atomic E-state index is 0.133. The molecule has 2 heteroatoms. The lowest BCUT2D eigenvalue weighted by Gasteiger charge is -2.25. The van der Waals surface area contributed by atoms with Crippen molar-refractivity contribution < 1.29 is 9.53 Å². The summed E-state index contributed by atoms with van der Waals surface area (Å²) < 4.78 is 5.38. The molecule has 1 atom stereocenters. The normalized spacial score (nSPS) is 14.3. The van der Waals surface area contributed by atoms with E-state index in [1.165, 1.54) is 5.39 Å². The third-order valence-corrected chi connectivity index (χ3v) is 3.95. The number of hydrogen-bond donors (Lipinski definition) is 0. The number of carbonyl (C=O) groups excluding carboxylic acids is 1. The molecule has 0 aliphatic carbocycles. The Morgan fingerprint density at radius 1 is 1.16 bits per heavy atom.